The first-order valence-electron chi connectivity index (χ1n) is 5.86. The lowest BCUT2D eigenvalue weighted by Crippen LogP contribution is -1.88. The van der Waals surface area contributed by atoms with Crippen molar-refractivity contribution in [1.29, 1.82) is 0 Å². The highest BCUT2D eigenvalue weighted by Crippen LogP contribution is 2.25. The van der Waals surface area contributed by atoms with Gasteiger partial charge in [0, 0.05) is 22.3 Å². The molecule has 0 radical (unpaired) electrons. The molecule has 0 bridgehead atoms. The molecule has 0 atom stereocenters. The highest BCUT2D eigenvalue weighted by Gasteiger charge is 2.06. The van der Waals surface area contributed by atoms with E-state index < -0.39 is 0 Å². The van der Waals surface area contributed by atoms with E-state index in [0.29, 0.717) is 16.6 Å². The van der Waals surface area contributed by atoms with E-state index >= 15 is 0 Å². The van der Waals surface area contributed by atoms with Crippen LogP contribution in [0.3, 0.4) is 0 Å². The van der Waals surface area contributed by atoms with Crippen LogP contribution in [-0.4, -0.2) is 5.16 Å². The van der Waals surface area contributed by atoms with Gasteiger partial charge in [0.05, 0.1) is 0 Å². The van der Waals surface area contributed by atoms with Gasteiger partial charge in [-0.1, -0.05) is 35.0 Å². The van der Waals surface area contributed by atoms with Crippen LogP contribution in [0.15, 0.2) is 65.2 Å². The molecule has 0 aliphatic carbocycles. The van der Waals surface area contributed by atoms with Gasteiger partial charge in [-0.3, -0.25) is 0 Å². The van der Waals surface area contributed by atoms with Crippen molar-refractivity contribution in [3.05, 3.63) is 65.7 Å². The molecule has 0 unspecified atom stereocenters. The van der Waals surface area contributed by atoms with Gasteiger partial charge in [0.15, 0.2) is 11.6 Å². The molecule has 0 aliphatic heterocycles. The third kappa shape index (κ3) is 2.77. The third-order valence-electron chi connectivity index (χ3n) is 2.69. The van der Waals surface area contributed by atoms with Crippen molar-refractivity contribution in [3.8, 4) is 11.3 Å². The average Bonchev–Trinajstić information content (AvgIpc) is 2.89. The van der Waals surface area contributed by atoms with Crippen molar-refractivity contribution in [2.45, 2.75) is 0 Å². The molecule has 0 saturated carbocycles. The van der Waals surface area contributed by atoms with E-state index in [-0.39, 0.29) is 0 Å². The topological polar surface area (TPSA) is 38.1 Å². The number of aromatic nitrogens is 1. The first-order valence-corrected chi connectivity index (χ1v) is 6.24. The number of hydrogen-bond acceptors (Lipinski definition) is 3. The highest BCUT2D eigenvalue weighted by molar-refractivity contribution is 6.30. The molecule has 1 heterocycles. The fraction of sp³-hybridized carbons (Fsp3) is 0. The van der Waals surface area contributed by atoms with Gasteiger partial charge in [0.1, 0.15) is 0 Å². The van der Waals surface area contributed by atoms with E-state index in [0.717, 1.165) is 11.3 Å². The van der Waals surface area contributed by atoms with Crippen LogP contribution >= 0.6 is 11.6 Å². The van der Waals surface area contributed by atoms with Gasteiger partial charge in [-0.15, -0.1) is 0 Å². The van der Waals surface area contributed by atoms with Crippen LogP contribution in [0.1, 0.15) is 0 Å². The Morgan fingerprint density at radius 2 is 1.68 bits per heavy atom. The molecule has 0 aliphatic rings. The molecule has 94 valence electrons. The number of para-hydroxylation sites is 1. The molecule has 1 N–H and O–H groups in total. The second-order valence-corrected chi connectivity index (χ2v) is 4.51. The number of benzene rings is 2. The minimum atomic E-state index is 0.677. The van der Waals surface area contributed by atoms with Crippen LogP contribution in [-0.2, 0) is 0 Å². The number of rotatable bonds is 3. The van der Waals surface area contributed by atoms with E-state index in [2.05, 4.69) is 10.5 Å². The minimum absolute atomic E-state index is 0.677. The summed E-state index contributed by atoms with van der Waals surface area (Å²) in [6.07, 6.45) is 0. The number of nitrogens with one attached hydrogen (secondary N) is 1. The fourth-order valence-electron chi connectivity index (χ4n) is 1.75. The van der Waals surface area contributed by atoms with Crippen LogP contribution in [0, 0.1) is 0 Å². The predicted molar refractivity (Wildman–Crippen MR) is 76.7 cm³/mol. The summed E-state index contributed by atoms with van der Waals surface area (Å²) < 4.78 is 5.31. The van der Waals surface area contributed by atoms with Crippen molar-refractivity contribution in [2.75, 3.05) is 5.32 Å². The summed E-state index contributed by atoms with van der Waals surface area (Å²) in [5, 5.41) is 7.87. The Hall–Kier alpha value is -2.26. The summed E-state index contributed by atoms with van der Waals surface area (Å²) >= 11 is 5.85. The lowest BCUT2D eigenvalue weighted by atomic mass is 10.2. The zero-order valence-corrected chi connectivity index (χ0v) is 10.8. The number of anilines is 2. The summed E-state index contributed by atoms with van der Waals surface area (Å²) in [5.74, 6) is 1.38. The summed E-state index contributed by atoms with van der Waals surface area (Å²) in [4.78, 5) is 0. The number of nitrogens with zero attached hydrogens (tertiary/aromatic N) is 1. The molecule has 19 heavy (non-hydrogen) atoms. The van der Waals surface area contributed by atoms with E-state index in [4.69, 9.17) is 16.1 Å². The van der Waals surface area contributed by atoms with E-state index in [1.165, 1.54) is 0 Å². The first-order chi connectivity index (χ1) is 9.31. The quantitative estimate of drug-likeness (QED) is 0.747. The second-order valence-electron chi connectivity index (χ2n) is 4.07. The van der Waals surface area contributed by atoms with Gasteiger partial charge in [0.2, 0.25) is 0 Å². The Bertz CT molecular complexity index is 662. The molecule has 3 aromatic rings. The molecule has 4 heteroatoms. The summed E-state index contributed by atoms with van der Waals surface area (Å²) in [7, 11) is 0. The predicted octanol–water partition coefficient (Wildman–Crippen LogP) is 4.74. The molecule has 0 spiro atoms. The zero-order chi connectivity index (χ0) is 13.1. The third-order valence-corrected chi connectivity index (χ3v) is 2.94. The van der Waals surface area contributed by atoms with E-state index in [9.17, 15) is 0 Å². The molecular formula is C15H11ClN2O. The first kappa shape index (κ1) is 11.8. The number of hydrogen-bond donors (Lipinski definition) is 1. The smallest absolute Gasteiger partial charge is 0.174 e. The standard InChI is InChI=1S/C15H11ClN2O/c16-12-8-6-11(7-9-12)14-10-15(18-19-14)17-13-4-2-1-3-5-13/h1-10H,(H,17,18). The number of halogens is 1. The summed E-state index contributed by atoms with van der Waals surface area (Å²) in [6, 6.07) is 19.1. The Kier molecular flexibility index (Phi) is 3.21. The van der Waals surface area contributed by atoms with Crippen molar-refractivity contribution in [1.82, 2.24) is 5.16 Å². The maximum absolute atomic E-state index is 5.85. The maximum atomic E-state index is 5.85. The molecule has 0 fully saturated rings. The van der Waals surface area contributed by atoms with Gasteiger partial charge in [0.25, 0.3) is 0 Å². The molecule has 0 amide bonds. The van der Waals surface area contributed by atoms with Gasteiger partial charge < -0.3 is 9.84 Å². The van der Waals surface area contributed by atoms with Crippen molar-refractivity contribution in [3.63, 3.8) is 0 Å². The zero-order valence-electron chi connectivity index (χ0n) is 10.0. The lowest BCUT2D eigenvalue weighted by Gasteiger charge is -1.99. The molecule has 0 saturated heterocycles. The van der Waals surface area contributed by atoms with Gasteiger partial charge in [-0.05, 0) is 36.4 Å². The highest BCUT2D eigenvalue weighted by atomic mass is 35.5. The molecule has 1 aromatic heterocycles. The maximum Gasteiger partial charge on any atom is 0.174 e. The largest absolute Gasteiger partial charge is 0.354 e. The Morgan fingerprint density at radius 3 is 2.42 bits per heavy atom. The van der Waals surface area contributed by atoms with Gasteiger partial charge >= 0.3 is 0 Å². The second kappa shape index (κ2) is 5.16. The minimum Gasteiger partial charge on any atom is -0.354 e. The van der Waals surface area contributed by atoms with Crippen molar-refractivity contribution < 1.29 is 4.52 Å². The average molecular weight is 271 g/mol. The van der Waals surface area contributed by atoms with Crippen LogP contribution < -0.4 is 5.32 Å². The van der Waals surface area contributed by atoms with Gasteiger partial charge in [-0.25, -0.2) is 0 Å². The van der Waals surface area contributed by atoms with E-state index in [1.807, 2.05) is 60.7 Å². The van der Waals surface area contributed by atoms with Crippen LogP contribution in [0.25, 0.3) is 11.3 Å². The lowest BCUT2D eigenvalue weighted by molar-refractivity contribution is 0.435. The Balaban J connectivity index is 1.82. The van der Waals surface area contributed by atoms with Crippen LogP contribution in [0.4, 0.5) is 11.5 Å². The van der Waals surface area contributed by atoms with Crippen LogP contribution in [0.5, 0.6) is 0 Å². The molecule has 2 aromatic carbocycles. The molecular weight excluding hydrogens is 260 g/mol. The molecule has 3 rings (SSSR count). The van der Waals surface area contributed by atoms with Crippen molar-refractivity contribution >= 4 is 23.1 Å². The van der Waals surface area contributed by atoms with Crippen LogP contribution in [0.2, 0.25) is 5.02 Å². The van der Waals surface area contributed by atoms with Gasteiger partial charge in [-0.2, -0.15) is 0 Å². The monoisotopic (exact) mass is 270 g/mol. The fourth-order valence-corrected chi connectivity index (χ4v) is 1.88. The Labute approximate surface area is 115 Å². The van der Waals surface area contributed by atoms with E-state index in [1.54, 1.807) is 0 Å². The normalized spacial score (nSPS) is 10.4. The summed E-state index contributed by atoms with van der Waals surface area (Å²) in [6.45, 7) is 0. The van der Waals surface area contributed by atoms with Crippen molar-refractivity contribution in [2.24, 2.45) is 0 Å². The SMILES string of the molecule is Clc1ccc(-c2cc(Nc3ccccc3)no2)cc1. The molecule has 3 nitrogen and oxygen atoms in total. The Morgan fingerprint density at radius 1 is 0.947 bits per heavy atom. The summed E-state index contributed by atoms with van der Waals surface area (Å²) in [5.41, 5.74) is 1.91.